The number of nitro benzene ring substituents is 1. The maximum atomic E-state index is 12.0. The molecule has 0 aliphatic heterocycles. The van der Waals surface area contributed by atoms with Crippen molar-refractivity contribution >= 4 is 35.2 Å². The average molecular weight is 400 g/mol. The number of non-ortho nitro benzene ring substituents is 1. The van der Waals surface area contributed by atoms with Crippen LogP contribution in [0.4, 0.5) is 5.69 Å². The fourth-order valence-electron chi connectivity index (χ4n) is 2.14. The van der Waals surface area contributed by atoms with Crippen molar-refractivity contribution in [3.05, 3.63) is 80.4 Å². The second kappa shape index (κ2) is 9.85. The van der Waals surface area contributed by atoms with Gasteiger partial charge in [0.15, 0.2) is 0 Å². The molecule has 0 saturated carbocycles. The molecule has 0 saturated heterocycles. The van der Waals surface area contributed by atoms with Gasteiger partial charge in [-0.25, -0.2) is 4.79 Å². The first-order chi connectivity index (χ1) is 13.4. The number of halogens is 1. The van der Waals surface area contributed by atoms with E-state index in [0.717, 1.165) is 6.07 Å². The van der Waals surface area contributed by atoms with E-state index in [4.69, 9.17) is 21.6 Å². The Morgan fingerprint density at radius 1 is 1.29 bits per heavy atom. The number of carbonyl (C=O) groups is 2. The lowest BCUT2D eigenvalue weighted by Gasteiger charge is -2.07. The molecular formula is C19H14ClN3O5. The summed E-state index contributed by atoms with van der Waals surface area (Å²) < 4.78 is 4.96. The van der Waals surface area contributed by atoms with E-state index in [1.54, 1.807) is 24.3 Å². The Morgan fingerprint density at radius 2 is 2.07 bits per heavy atom. The molecule has 28 heavy (non-hydrogen) atoms. The van der Waals surface area contributed by atoms with Gasteiger partial charge in [-0.2, -0.15) is 5.26 Å². The zero-order chi connectivity index (χ0) is 20.5. The van der Waals surface area contributed by atoms with Gasteiger partial charge >= 0.3 is 5.97 Å². The predicted molar refractivity (Wildman–Crippen MR) is 102 cm³/mol. The number of rotatable bonds is 7. The number of nitrogens with one attached hydrogen (secondary N) is 1. The first-order valence-corrected chi connectivity index (χ1v) is 8.35. The van der Waals surface area contributed by atoms with Crippen LogP contribution in [0.2, 0.25) is 5.02 Å². The van der Waals surface area contributed by atoms with Crippen LogP contribution in [-0.4, -0.2) is 30.0 Å². The van der Waals surface area contributed by atoms with E-state index in [0.29, 0.717) is 11.1 Å². The summed E-state index contributed by atoms with van der Waals surface area (Å²) in [5, 5.41) is 21.9. The van der Waals surface area contributed by atoms with Crippen LogP contribution in [0.5, 0.6) is 0 Å². The predicted octanol–water partition coefficient (Wildman–Crippen LogP) is 3.11. The number of nitrogens with zero attached hydrogens (tertiary/aromatic N) is 2. The minimum absolute atomic E-state index is 0.0373. The van der Waals surface area contributed by atoms with Crippen molar-refractivity contribution in [2.24, 2.45) is 0 Å². The third-order valence-corrected chi connectivity index (χ3v) is 3.78. The van der Waals surface area contributed by atoms with Gasteiger partial charge in [-0.1, -0.05) is 23.7 Å². The number of amides is 1. The zero-order valence-corrected chi connectivity index (χ0v) is 15.2. The van der Waals surface area contributed by atoms with Crippen molar-refractivity contribution < 1.29 is 19.2 Å². The van der Waals surface area contributed by atoms with Crippen molar-refractivity contribution in [3.63, 3.8) is 0 Å². The molecule has 0 atom stereocenters. The van der Waals surface area contributed by atoms with Gasteiger partial charge in [0.05, 0.1) is 33.7 Å². The first kappa shape index (κ1) is 20.6. The third kappa shape index (κ3) is 5.93. The quantitative estimate of drug-likeness (QED) is 0.251. The van der Waals surface area contributed by atoms with E-state index < -0.39 is 16.8 Å². The number of carbonyl (C=O) groups excluding carboxylic acids is 2. The first-order valence-electron chi connectivity index (χ1n) is 7.98. The van der Waals surface area contributed by atoms with Gasteiger partial charge in [0.2, 0.25) is 0 Å². The Morgan fingerprint density at radius 3 is 2.75 bits per heavy atom. The molecule has 0 aliphatic rings. The molecule has 0 fully saturated rings. The van der Waals surface area contributed by atoms with Crippen LogP contribution in [0.15, 0.2) is 48.5 Å². The van der Waals surface area contributed by atoms with Crippen LogP contribution in [-0.2, 0) is 9.53 Å². The lowest BCUT2D eigenvalue weighted by Crippen LogP contribution is -2.28. The minimum Gasteiger partial charge on any atom is -0.461 e. The highest BCUT2D eigenvalue weighted by Crippen LogP contribution is 2.22. The number of ether oxygens (including phenoxy) is 1. The molecule has 0 unspecified atom stereocenters. The molecule has 0 bridgehead atoms. The van der Waals surface area contributed by atoms with Gasteiger partial charge in [0, 0.05) is 18.2 Å². The Kier molecular flexibility index (Phi) is 7.25. The van der Waals surface area contributed by atoms with Gasteiger partial charge in [0.25, 0.3) is 11.6 Å². The normalized spacial score (nSPS) is 10.3. The second-order valence-electron chi connectivity index (χ2n) is 5.42. The van der Waals surface area contributed by atoms with E-state index in [1.807, 2.05) is 6.07 Å². The Balaban J connectivity index is 1.79. The topological polar surface area (TPSA) is 122 Å². The standard InChI is InChI=1S/C19H14ClN3O5/c20-17-11-15(23(26)27)5-6-16(17)19(25)22-8-9-28-18(24)7-4-13-2-1-3-14(10-13)12-21/h1-7,10-11H,8-9H2,(H,22,25). The van der Waals surface area contributed by atoms with E-state index >= 15 is 0 Å². The number of hydrogen-bond acceptors (Lipinski definition) is 6. The highest BCUT2D eigenvalue weighted by Gasteiger charge is 2.14. The van der Waals surface area contributed by atoms with Crippen molar-refractivity contribution in [2.75, 3.05) is 13.2 Å². The summed E-state index contributed by atoms with van der Waals surface area (Å²) in [5.41, 5.74) is 1.01. The number of nitro groups is 1. The Hall–Kier alpha value is -3.70. The number of nitriles is 1. The van der Waals surface area contributed by atoms with E-state index in [2.05, 4.69) is 5.32 Å². The van der Waals surface area contributed by atoms with Crippen molar-refractivity contribution in [3.8, 4) is 6.07 Å². The van der Waals surface area contributed by atoms with E-state index in [-0.39, 0.29) is 29.4 Å². The highest BCUT2D eigenvalue weighted by molar-refractivity contribution is 6.34. The summed E-state index contributed by atoms with van der Waals surface area (Å²) in [6.07, 6.45) is 2.73. The summed E-state index contributed by atoms with van der Waals surface area (Å²) in [5.74, 6) is -1.15. The van der Waals surface area contributed by atoms with Crippen LogP contribution in [0.1, 0.15) is 21.5 Å². The molecule has 9 heteroatoms. The zero-order valence-electron chi connectivity index (χ0n) is 14.4. The molecule has 0 heterocycles. The fraction of sp³-hybridized carbons (Fsp3) is 0.105. The molecule has 0 aromatic heterocycles. The van der Waals surface area contributed by atoms with E-state index in [1.165, 1.54) is 24.3 Å². The number of hydrogen-bond donors (Lipinski definition) is 1. The third-order valence-electron chi connectivity index (χ3n) is 3.47. The molecular weight excluding hydrogens is 386 g/mol. The molecule has 8 nitrogen and oxygen atoms in total. The molecule has 0 aliphatic carbocycles. The molecule has 1 amide bonds. The maximum Gasteiger partial charge on any atom is 0.330 e. The smallest absolute Gasteiger partial charge is 0.330 e. The Bertz CT molecular complexity index is 982. The van der Waals surface area contributed by atoms with Crippen LogP contribution in [0.3, 0.4) is 0 Å². The summed E-state index contributed by atoms with van der Waals surface area (Å²) >= 11 is 5.87. The van der Waals surface area contributed by atoms with Gasteiger partial charge in [-0.05, 0) is 29.8 Å². The lowest BCUT2D eigenvalue weighted by molar-refractivity contribution is -0.384. The largest absolute Gasteiger partial charge is 0.461 e. The number of benzene rings is 2. The maximum absolute atomic E-state index is 12.0. The fourth-order valence-corrected chi connectivity index (χ4v) is 2.40. The van der Waals surface area contributed by atoms with Crippen LogP contribution in [0, 0.1) is 21.4 Å². The molecule has 2 aromatic carbocycles. The molecule has 2 aromatic rings. The summed E-state index contributed by atoms with van der Waals surface area (Å²) in [6, 6.07) is 12.2. The van der Waals surface area contributed by atoms with Crippen molar-refractivity contribution in [1.82, 2.24) is 5.32 Å². The van der Waals surface area contributed by atoms with Gasteiger partial charge in [-0.15, -0.1) is 0 Å². The summed E-state index contributed by atoms with van der Waals surface area (Å²) in [6.45, 7) is -0.0343. The highest BCUT2D eigenvalue weighted by atomic mass is 35.5. The monoisotopic (exact) mass is 399 g/mol. The molecule has 0 radical (unpaired) electrons. The van der Waals surface area contributed by atoms with Crippen LogP contribution in [0.25, 0.3) is 6.08 Å². The SMILES string of the molecule is N#Cc1cccc(C=CC(=O)OCCNC(=O)c2ccc([N+](=O)[O-])cc2Cl)c1. The minimum atomic E-state index is -0.614. The number of esters is 1. The second-order valence-corrected chi connectivity index (χ2v) is 5.82. The van der Waals surface area contributed by atoms with Crippen molar-refractivity contribution in [2.45, 2.75) is 0 Å². The summed E-state index contributed by atoms with van der Waals surface area (Å²) in [7, 11) is 0. The molecule has 142 valence electrons. The average Bonchev–Trinajstić information content (AvgIpc) is 2.69. The van der Waals surface area contributed by atoms with Crippen molar-refractivity contribution in [1.29, 1.82) is 5.26 Å². The summed E-state index contributed by atoms with van der Waals surface area (Å²) in [4.78, 5) is 33.7. The van der Waals surface area contributed by atoms with Crippen LogP contribution >= 0.6 is 11.6 Å². The molecule has 1 N–H and O–H groups in total. The molecule has 2 rings (SSSR count). The molecule has 0 spiro atoms. The van der Waals surface area contributed by atoms with Crippen LogP contribution < -0.4 is 5.32 Å². The Labute approximate surface area is 165 Å². The van der Waals surface area contributed by atoms with Gasteiger partial charge in [-0.3, -0.25) is 14.9 Å². The van der Waals surface area contributed by atoms with Gasteiger partial charge < -0.3 is 10.1 Å². The van der Waals surface area contributed by atoms with E-state index in [9.17, 15) is 19.7 Å². The lowest BCUT2D eigenvalue weighted by atomic mass is 10.1. The van der Waals surface area contributed by atoms with Gasteiger partial charge in [0.1, 0.15) is 6.61 Å².